The highest BCUT2D eigenvalue weighted by Gasteiger charge is 2.28. The molecule has 1 rings (SSSR count). The van der Waals surface area contributed by atoms with Crippen molar-refractivity contribution in [1.82, 2.24) is 9.80 Å². The highest BCUT2D eigenvalue weighted by molar-refractivity contribution is 7.86. The van der Waals surface area contributed by atoms with E-state index in [-0.39, 0.29) is 0 Å². The van der Waals surface area contributed by atoms with Crippen molar-refractivity contribution >= 4 is 10.1 Å². The molecule has 1 heterocycles. The Hall–Kier alpha value is -0.960. The van der Waals surface area contributed by atoms with Gasteiger partial charge in [0.25, 0.3) is 10.1 Å². The van der Waals surface area contributed by atoms with Gasteiger partial charge < -0.3 is 9.80 Å². The summed E-state index contributed by atoms with van der Waals surface area (Å²) in [4.78, 5) is 3.43. The highest BCUT2D eigenvalue weighted by atomic mass is 32.2. The third kappa shape index (κ3) is 6.37. The maximum Gasteiger partial charge on any atom is 0.379 e. The van der Waals surface area contributed by atoms with Gasteiger partial charge in [0.15, 0.2) is 5.37 Å². The van der Waals surface area contributed by atoms with E-state index in [0.717, 1.165) is 0 Å². The van der Waals surface area contributed by atoms with E-state index in [9.17, 15) is 21.6 Å². The average Bonchev–Trinajstić information content (AvgIpc) is 2.49. The Balaban J connectivity index is 0.000000557. The molecule has 1 aliphatic rings. The second-order valence-electron chi connectivity index (χ2n) is 3.34. The van der Waals surface area contributed by atoms with Crippen molar-refractivity contribution in [3.05, 3.63) is 12.4 Å². The second-order valence-corrected chi connectivity index (χ2v) is 4.91. The van der Waals surface area contributed by atoms with Gasteiger partial charge in [0.1, 0.15) is 0 Å². The average molecular weight is 276 g/mol. The third-order valence-electron chi connectivity index (χ3n) is 1.96. The Labute approximate surface area is 98.2 Å². The zero-order valence-corrected chi connectivity index (χ0v) is 10.2. The maximum atomic E-state index is 10.9. The molecule has 0 aromatic rings. The van der Waals surface area contributed by atoms with Crippen LogP contribution < -0.4 is 0 Å². The fourth-order valence-electron chi connectivity index (χ4n) is 1.35. The number of alkyl halides is 3. The van der Waals surface area contributed by atoms with Crippen molar-refractivity contribution in [3.63, 3.8) is 0 Å². The minimum atomic E-state index is -3.97. The van der Waals surface area contributed by atoms with E-state index >= 15 is 0 Å². The highest BCUT2D eigenvalue weighted by Crippen LogP contribution is 2.15. The molecule has 5 nitrogen and oxygen atoms in total. The Morgan fingerprint density at radius 3 is 2.06 bits per heavy atom. The van der Waals surface area contributed by atoms with Gasteiger partial charge in [0, 0.05) is 19.4 Å². The van der Waals surface area contributed by atoms with Crippen LogP contribution in [0.5, 0.6) is 0 Å². The molecule has 1 atom stereocenters. The predicted octanol–water partition coefficient (Wildman–Crippen LogP) is 1.46. The molecular formula is C8H15F3N2O3S. The van der Waals surface area contributed by atoms with Gasteiger partial charge in [-0.25, -0.2) is 0 Å². The van der Waals surface area contributed by atoms with Crippen molar-refractivity contribution in [2.75, 3.05) is 13.7 Å². The van der Waals surface area contributed by atoms with E-state index < -0.39 is 22.2 Å². The fraction of sp³-hybridized carbons (Fsp3) is 0.750. The summed E-state index contributed by atoms with van der Waals surface area (Å²) < 4.78 is 59.7. The van der Waals surface area contributed by atoms with E-state index in [0.29, 0.717) is 13.1 Å². The number of hydrogen-bond donors (Lipinski definition) is 1. The van der Waals surface area contributed by atoms with Crippen LogP contribution in [0.2, 0.25) is 0 Å². The molecule has 17 heavy (non-hydrogen) atoms. The van der Waals surface area contributed by atoms with Crippen LogP contribution in [0.4, 0.5) is 13.2 Å². The lowest BCUT2D eigenvalue weighted by atomic mass is 10.4. The van der Waals surface area contributed by atoms with Gasteiger partial charge in [0.2, 0.25) is 0 Å². The predicted molar refractivity (Wildman–Crippen MR) is 56.3 cm³/mol. The van der Waals surface area contributed by atoms with Crippen LogP contribution in [0, 0.1) is 0 Å². The SMILES string of the molecule is CCC(N1C=CN(C)C1)S(=O)(=O)O.FC(F)F. The Morgan fingerprint density at radius 1 is 1.35 bits per heavy atom. The molecule has 0 saturated carbocycles. The summed E-state index contributed by atoms with van der Waals surface area (Å²) >= 11 is 0. The molecule has 1 unspecified atom stereocenters. The van der Waals surface area contributed by atoms with Crippen LogP contribution in [0.3, 0.4) is 0 Å². The molecule has 0 fully saturated rings. The summed E-state index contributed by atoms with van der Waals surface area (Å²) in [6.45, 7) is -1.44. The van der Waals surface area contributed by atoms with Gasteiger partial charge >= 0.3 is 6.68 Å². The van der Waals surface area contributed by atoms with Crippen LogP contribution in [-0.4, -0.2) is 48.5 Å². The molecule has 0 radical (unpaired) electrons. The van der Waals surface area contributed by atoms with Crippen LogP contribution >= 0.6 is 0 Å². The third-order valence-corrected chi connectivity index (χ3v) is 3.25. The molecule has 0 aromatic carbocycles. The molecule has 9 heteroatoms. The molecule has 0 bridgehead atoms. The van der Waals surface area contributed by atoms with Crippen molar-refractivity contribution < 1.29 is 26.1 Å². The van der Waals surface area contributed by atoms with Gasteiger partial charge in [-0.05, 0) is 6.42 Å². The first-order valence-corrected chi connectivity index (χ1v) is 6.21. The summed E-state index contributed by atoms with van der Waals surface area (Å²) in [5, 5.41) is -0.825. The lowest BCUT2D eigenvalue weighted by Crippen LogP contribution is -2.38. The van der Waals surface area contributed by atoms with Crippen LogP contribution in [-0.2, 0) is 10.1 Å². The van der Waals surface area contributed by atoms with Crippen molar-refractivity contribution in [2.45, 2.75) is 25.4 Å². The summed E-state index contributed by atoms with van der Waals surface area (Å²) in [5.41, 5.74) is 0. The molecule has 0 spiro atoms. The van der Waals surface area contributed by atoms with E-state index in [1.165, 1.54) is 0 Å². The number of rotatable bonds is 3. The number of nitrogens with zero attached hydrogens (tertiary/aromatic N) is 2. The molecule has 0 saturated heterocycles. The Kier molecular flexibility index (Phi) is 6.32. The zero-order chi connectivity index (χ0) is 13.6. The van der Waals surface area contributed by atoms with Crippen LogP contribution in [0.15, 0.2) is 12.4 Å². The minimum absolute atomic E-state index is 0.372. The minimum Gasteiger partial charge on any atom is -0.362 e. The van der Waals surface area contributed by atoms with Crippen molar-refractivity contribution in [2.24, 2.45) is 0 Å². The van der Waals surface area contributed by atoms with E-state index in [1.54, 1.807) is 24.2 Å². The summed E-state index contributed by atoms with van der Waals surface area (Å²) in [6.07, 6.45) is 3.81. The summed E-state index contributed by atoms with van der Waals surface area (Å²) in [7, 11) is -2.13. The Bertz CT molecular complexity index is 345. The van der Waals surface area contributed by atoms with Gasteiger partial charge in [0.05, 0.1) is 6.67 Å². The van der Waals surface area contributed by atoms with E-state index in [4.69, 9.17) is 4.55 Å². The first kappa shape index (κ1) is 16.0. The first-order chi connectivity index (χ1) is 7.68. The summed E-state index contributed by atoms with van der Waals surface area (Å²) in [5.74, 6) is 0. The smallest absolute Gasteiger partial charge is 0.362 e. The van der Waals surface area contributed by atoms with E-state index in [2.05, 4.69) is 0 Å². The van der Waals surface area contributed by atoms with Crippen molar-refractivity contribution in [1.29, 1.82) is 0 Å². The fourth-order valence-corrected chi connectivity index (χ4v) is 2.25. The topological polar surface area (TPSA) is 60.9 Å². The normalized spacial score (nSPS) is 17.1. The lowest BCUT2D eigenvalue weighted by Gasteiger charge is -2.24. The molecular weight excluding hydrogens is 261 g/mol. The molecule has 0 amide bonds. The number of halogens is 3. The van der Waals surface area contributed by atoms with Crippen molar-refractivity contribution in [3.8, 4) is 0 Å². The number of hydrogen-bond acceptors (Lipinski definition) is 4. The van der Waals surface area contributed by atoms with Crippen LogP contribution in [0.1, 0.15) is 13.3 Å². The lowest BCUT2D eigenvalue weighted by molar-refractivity contribution is 0.00819. The monoisotopic (exact) mass is 276 g/mol. The van der Waals surface area contributed by atoms with Gasteiger partial charge in [-0.3, -0.25) is 4.55 Å². The molecule has 0 aliphatic carbocycles. The van der Waals surface area contributed by atoms with Gasteiger partial charge in [-0.1, -0.05) is 6.92 Å². The largest absolute Gasteiger partial charge is 0.379 e. The summed E-state index contributed by atoms with van der Waals surface area (Å²) in [6, 6.07) is 0. The molecule has 1 aliphatic heterocycles. The quantitative estimate of drug-likeness (QED) is 0.791. The Morgan fingerprint density at radius 2 is 1.82 bits per heavy atom. The zero-order valence-electron chi connectivity index (χ0n) is 9.42. The van der Waals surface area contributed by atoms with Gasteiger partial charge in [-0.15, -0.1) is 0 Å². The molecule has 1 N–H and O–H groups in total. The molecule has 0 aromatic heterocycles. The van der Waals surface area contributed by atoms with Crippen LogP contribution in [0.25, 0.3) is 0 Å². The second kappa shape index (κ2) is 6.70. The van der Waals surface area contributed by atoms with E-state index in [1.807, 2.05) is 11.9 Å². The maximum absolute atomic E-state index is 10.9. The standard InChI is InChI=1S/C7H14N2O3S.CHF3/c1-3-7(13(10,11)12)9-5-4-8(2)6-9;2-1(3)4/h4-5,7H,3,6H2,1-2H3,(H,10,11,12);1H. The van der Waals surface area contributed by atoms with Gasteiger partial charge in [-0.2, -0.15) is 21.6 Å². The molecule has 102 valence electrons. The first-order valence-electron chi connectivity index (χ1n) is 4.71.